The van der Waals surface area contributed by atoms with Gasteiger partial charge in [-0.25, -0.2) is 13.6 Å². The number of hydrogen-bond acceptors (Lipinski definition) is 2. The first-order valence-corrected chi connectivity index (χ1v) is 5.71. The van der Waals surface area contributed by atoms with Crippen molar-refractivity contribution in [3.05, 3.63) is 68.0 Å². The van der Waals surface area contributed by atoms with Gasteiger partial charge < -0.3 is 0 Å². The Morgan fingerprint density at radius 1 is 1.25 bits per heavy atom. The second-order valence-electron chi connectivity index (χ2n) is 4.05. The summed E-state index contributed by atoms with van der Waals surface area (Å²) in [7, 11) is 0. The van der Waals surface area contributed by atoms with Crippen LogP contribution in [-0.2, 0) is 6.54 Å². The maximum atomic E-state index is 13.1. The van der Waals surface area contributed by atoms with Crippen LogP contribution in [0.2, 0.25) is 0 Å². The fourth-order valence-electron chi connectivity index (χ4n) is 1.69. The fourth-order valence-corrected chi connectivity index (χ4v) is 1.69. The summed E-state index contributed by atoms with van der Waals surface area (Å²) < 4.78 is 27.1. The van der Waals surface area contributed by atoms with Crippen molar-refractivity contribution in [1.29, 1.82) is 0 Å². The highest BCUT2D eigenvalue weighted by Gasteiger charge is 2.06. The van der Waals surface area contributed by atoms with Gasteiger partial charge in [0.25, 0.3) is 5.56 Å². The van der Waals surface area contributed by atoms with Crippen LogP contribution in [0.25, 0.3) is 0 Å². The zero-order chi connectivity index (χ0) is 14.7. The minimum atomic E-state index is -0.992. The van der Waals surface area contributed by atoms with E-state index in [0.717, 1.165) is 12.1 Å². The normalized spacial score (nSPS) is 9.95. The average Bonchev–Trinajstić information content (AvgIpc) is 2.39. The molecule has 1 aromatic heterocycles. The number of benzene rings is 1. The Morgan fingerprint density at radius 3 is 2.65 bits per heavy atom. The zero-order valence-electron chi connectivity index (χ0n) is 10.5. The van der Waals surface area contributed by atoms with E-state index >= 15 is 0 Å². The standard InChI is InChI=1S/C14H10F2N2O2/c1-2-3-10-8-18(14(20)17-13(10)19)7-9-4-5-11(15)12(16)6-9/h4-6,8H,7H2,1H3,(H,17,19,20). The number of nitrogens with zero attached hydrogens (tertiary/aromatic N) is 1. The summed E-state index contributed by atoms with van der Waals surface area (Å²) in [6.07, 6.45) is 1.29. The smallest absolute Gasteiger partial charge is 0.295 e. The van der Waals surface area contributed by atoms with Gasteiger partial charge >= 0.3 is 5.69 Å². The molecule has 0 saturated heterocycles. The Balaban J connectivity index is 2.44. The predicted octanol–water partition coefficient (Wildman–Crippen LogP) is 1.23. The first-order chi connectivity index (χ1) is 9.51. The number of nitrogens with one attached hydrogen (secondary N) is 1. The molecule has 6 heteroatoms. The largest absolute Gasteiger partial charge is 0.328 e. The second kappa shape index (κ2) is 5.53. The van der Waals surface area contributed by atoms with Gasteiger partial charge in [0, 0.05) is 6.20 Å². The van der Waals surface area contributed by atoms with Crippen molar-refractivity contribution in [2.75, 3.05) is 0 Å². The van der Waals surface area contributed by atoms with Crippen molar-refractivity contribution in [2.45, 2.75) is 13.5 Å². The van der Waals surface area contributed by atoms with E-state index in [1.54, 1.807) is 6.92 Å². The van der Waals surface area contributed by atoms with E-state index < -0.39 is 22.9 Å². The van der Waals surface area contributed by atoms with Gasteiger partial charge in [-0.05, 0) is 24.6 Å². The molecule has 0 radical (unpaired) electrons. The van der Waals surface area contributed by atoms with Gasteiger partial charge in [-0.3, -0.25) is 14.3 Å². The van der Waals surface area contributed by atoms with Gasteiger partial charge in [0.2, 0.25) is 0 Å². The van der Waals surface area contributed by atoms with Crippen LogP contribution in [0.3, 0.4) is 0 Å². The molecule has 4 nitrogen and oxygen atoms in total. The highest BCUT2D eigenvalue weighted by atomic mass is 19.2. The molecule has 20 heavy (non-hydrogen) atoms. The summed E-state index contributed by atoms with van der Waals surface area (Å²) in [6.45, 7) is 1.56. The molecule has 0 unspecified atom stereocenters. The lowest BCUT2D eigenvalue weighted by Crippen LogP contribution is -2.31. The Labute approximate surface area is 112 Å². The third kappa shape index (κ3) is 2.83. The molecule has 2 rings (SSSR count). The number of aromatic amines is 1. The summed E-state index contributed by atoms with van der Waals surface area (Å²) >= 11 is 0. The molecule has 0 aliphatic rings. The minimum absolute atomic E-state index is 0.00517. The lowest BCUT2D eigenvalue weighted by atomic mass is 10.2. The van der Waals surface area contributed by atoms with Crippen molar-refractivity contribution >= 4 is 0 Å². The molecule has 102 valence electrons. The van der Waals surface area contributed by atoms with Crippen LogP contribution in [-0.4, -0.2) is 9.55 Å². The maximum Gasteiger partial charge on any atom is 0.328 e. The third-order valence-corrected chi connectivity index (χ3v) is 2.61. The van der Waals surface area contributed by atoms with Crippen LogP contribution in [0.15, 0.2) is 34.0 Å². The number of halogens is 2. The molecular weight excluding hydrogens is 266 g/mol. The molecule has 0 bridgehead atoms. The van der Waals surface area contributed by atoms with Gasteiger partial charge in [-0.15, -0.1) is 5.92 Å². The van der Waals surface area contributed by atoms with Gasteiger partial charge in [0.15, 0.2) is 11.6 Å². The number of rotatable bonds is 2. The van der Waals surface area contributed by atoms with Gasteiger partial charge in [-0.1, -0.05) is 12.0 Å². The summed E-state index contributed by atoms with van der Waals surface area (Å²) in [5, 5.41) is 0. The lowest BCUT2D eigenvalue weighted by Gasteiger charge is -2.06. The maximum absolute atomic E-state index is 13.1. The molecule has 0 atom stereocenters. The molecule has 0 spiro atoms. The Kier molecular flexibility index (Phi) is 3.80. The number of aromatic nitrogens is 2. The zero-order valence-corrected chi connectivity index (χ0v) is 10.5. The fraction of sp³-hybridized carbons (Fsp3) is 0.143. The molecule has 1 aromatic carbocycles. The molecule has 0 amide bonds. The molecule has 2 aromatic rings. The summed E-state index contributed by atoms with van der Waals surface area (Å²) in [5.41, 5.74) is -0.685. The summed E-state index contributed by atoms with van der Waals surface area (Å²) in [4.78, 5) is 25.2. The van der Waals surface area contributed by atoms with Crippen LogP contribution in [0, 0.1) is 23.5 Å². The van der Waals surface area contributed by atoms with Crippen molar-refractivity contribution in [3.63, 3.8) is 0 Å². The van der Waals surface area contributed by atoms with Gasteiger partial charge in [0.05, 0.1) is 6.54 Å². The Hall–Kier alpha value is -2.68. The van der Waals surface area contributed by atoms with E-state index in [2.05, 4.69) is 16.8 Å². The topological polar surface area (TPSA) is 54.9 Å². The van der Waals surface area contributed by atoms with E-state index in [9.17, 15) is 18.4 Å². The highest BCUT2D eigenvalue weighted by molar-refractivity contribution is 5.29. The predicted molar refractivity (Wildman–Crippen MR) is 69.3 cm³/mol. The van der Waals surface area contributed by atoms with Crippen molar-refractivity contribution in [1.82, 2.24) is 9.55 Å². The second-order valence-corrected chi connectivity index (χ2v) is 4.05. The van der Waals surface area contributed by atoms with E-state index in [1.807, 2.05) is 0 Å². The molecule has 0 aliphatic heterocycles. The summed E-state index contributed by atoms with van der Waals surface area (Å²) in [5.74, 6) is 3.17. The number of hydrogen-bond donors (Lipinski definition) is 1. The van der Waals surface area contributed by atoms with E-state index in [4.69, 9.17) is 0 Å². The molecule has 0 aliphatic carbocycles. The third-order valence-electron chi connectivity index (χ3n) is 2.61. The van der Waals surface area contributed by atoms with E-state index in [1.165, 1.54) is 16.8 Å². The monoisotopic (exact) mass is 276 g/mol. The van der Waals surface area contributed by atoms with E-state index in [-0.39, 0.29) is 12.1 Å². The van der Waals surface area contributed by atoms with Crippen molar-refractivity contribution < 1.29 is 8.78 Å². The lowest BCUT2D eigenvalue weighted by molar-refractivity contribution is 0.506. The van der Waals surface area contributed by atoms with E-state index in [0.29, 0.717) is 5.56 Å². The number of H-pyrrole nitrogens is 1. The Bertz CT molecular complexity index is 826. The van der Waals surface area contributed by atoms with Gasteiger partial charge in [0.1, 0.15) is 5.56 Å². The Morgan fingerprint density at radius 2 is 2.00 bits per heavy atom. The summed E-state index contributed by atoms with van der Waals surface area (Å²) in [6, 6.07) is 3.34. The molecule has 1 heterocycles. The highest BCUT2D eigenvalue weighted by Crippen LogP contribution is 2.09. The van der Waals surface area contributed by atoms with Crippen molar-refractivity contribution in [2.24, 2.45) is 0 Å². The van der Waals surface area contributed by atoms with Crippen LogP contribution in [0.4, 0.5) is 8.78 Å². The molecule has 1 N–H and O–H groups in total. The molecule has 0 saturated carbocycles. The minimum Gasteiger partial charge on any atom is -0.295 e. The van der Waals surface area contributed by atoms with Crippen LogP contribution in [0.5, 0.6) is 0 Å². The average molecular weight is 276 g/mol. The van der Waals surface area contributed by atoms with Crippen LogP contribution < -0.4 is 11.2 Å². The van der Waals surface area contributed by atoms with Crippen LogP contribution >= 0.6 is 0 Å². The first-order valence-electron chi connectivity index (χ1n) is 5.71. The van der Waals surface area contributed by atoms with Crippen LogP contribution in [0.1, 0.15) is 18.1 Å². The first kappa shape index (κ1) is 13.7. The quantitative estimate of drug-likeness (QED) is 0.839. The van der Waals surface area contributed by atoms with Gasteiger partial charge in [-0.2, -0.15) is 0 Å². The molecule has 0 fully saturated rings. The van der Waals surface area contributed by atoms with Crippen molar-refractivity contribution in [3.8, 4) is 11.8 Å². The SMILES string of the molecule is CC#Cc1cn(Cc2ccc(F)c(F)c2)c(=O)[nH]c1=O. The molecular formula is C14H10F2N2O2.